The number of rotatable bonds is 7. The Bertz CT molecular complexity index is 727. The first kappa shape index (κ1) is 20.1. The molecule has 0 aromatic heterocycles. The third kappa shape index (κ3) is 4.42. The maximum absolute atomic E-state index is 11.4. The lowest BCUT2D eigenvalue weighted by Gasteiger charge is -2.40. The van der Waals surface area contributed by atoms with Crippen LogP contribution in [0.4, 0.5) is 11.4 Å². The highest BCUT2D eigenvalue weighted by molar-refractivity contribution is 5.67. The minimum atomic E-state index is -0.569. The summed E-state index contributed by atoms with van der Waals surface area (Å²) in [7, 11) is 3.34. The average Bonchev–Trinajstić information content (AvgIpc) is 2.98. The number of hydrogen-bond donors (Lipinski definition) is 1. The fraction of sp³-hybridized carbons (Fsp3) is 0.476. The lowest BCUT2D eigenvalue weighted by atomic mass is 10.00. The number of nitrogens with two attached hydrogens (primary N) is 1. The van der Waals surface area contributed by atoms with E-state index in [9.17, 15) is 4.79 Å². The minimum absolute atomic E-state index is 0.251. The quantitative estimate of drug-likeness (QED) is 0.568. The molecule has 7 nitrogen and oxygen atoms in total. The molecule has 1 saturated heterocycles. The van der Waals surface area contributed by atoms with Gasteiger partial charge in [0, 0.05) is 44.2 Å². The SMILES string of the molecule is COCCc1cc(N)c(OC)cc1N1CCC(N2C=CC=COC2C=O)CC1. The van der Waals surface area contributed by atoms with E-state index in [2.05, 4.69) is 4.90 Å². The van der Waals surface area contributed by atoms with Gasteiger partial charge >= 0.3 is 0 Å². The van der Waals surface area contributed by atoms with E-state index in [0.717, 1.165) is 49.9 Å². The highest BCUT2D eigenvalue weighted by atomic mass is 16.5. The molecule has 28 heavy (non-hydrogen) atoms. The molecule has 0 bridgehead atoms. The molecule has 1 aromatic carbocycles. The number of aldehydes is 1. The lowest BCUT2D eigenvalue weighted by Crippen LogP contribution is -2.47. The summed E-state index contributed by atoms with van der Waals surface area (Å²) in [4.78, 5) is 15.8. The van der Waals surface area contributed by atoms with Crippen LogP contribution in [0.3, 0.4) is 0 Å². The van der Waals surface area contributed by atoms with Gasteiger partial charge in [-0.25, -0.2) is 0 Å². The van der Waals surface area contributed by atoms with Gasteiger partial charge in [0.05, 0.1) is 25.7 Å². The topological polar surface area (TPSA) is 77.3 Å². The summed E-state index contributed by atoms with van der Waals surface area (Å²) in [6.45, 7) is 2.39. The normalized spacial score (nSPS) is 20.0. The Hall–Kier alpha value is -2.67. The van der Waals surface area contributed by atoms with Crippen LogP contribution < -0.4 is 15.4 Å². The first-order chi connectivity index (χ1) is 13.7. The van der Waals surface area contributed by atoms with E-state index in [1.54, 1.807) is 26.6 Å². The standard InChI is InChI=1S/C21H29N3O4/c1-26-12-7-16-13-18(22)20(27-2)14-19(16)23-9-5-17(6-10-23)24-8-3-4-11-28-21(24)15-25/h3-4,8,11,13-15,17,21H,5-7,9-10,12,22H2,1-2H3. The number of carbonyl (C=O) groups excluding carboxylic acids is 1. The smallest absolute Gasteiger partial charge is 0.227 e. The van der Waals surface area contributed by atoms with Gasteiger partial charge in [-0.2, -0.15) is 0 Å². The fourth-order valence-corrected chi connectivity index (χ4v) is 3.83. The van der Waals surface area contributed by atoms with E-state index in [1.165, 1.54) is 0 Å². The van der Waals surface area contributed by atoms with Crippen LogP contribution in [-0.4, -0.2) is 57.4 Å². The van der Waals surface area contributed by atoms with E-state index in [1.807, 2.05) is 29.3 Å². The van der Waals surface area contributed by atoms with Crippen molar-refractivity contribution >= 4 is 17.7 Å². The molecule has 2 N–H and O–H groups in total. The van der Waals surface area contributed by atoms with Crippen LogP contribution in [0.2, 0.25) is 0 Å². The van der Waals surface area contributed by atoms with Crippen LogP contribution in [0.1, 0.15) is 18.4 Å². The van der Waals surface area contributed by atoms with Gasteiger partial charge in [-0.3, -0.25) is 4.79 Å². The summed E-state index contributed by atoms with van der Waals surface area (Å²) in [5.41, 5.74) is 9.05. The summed E-state index contributed by atoms with van der Waals surface area (Å²) in [5.74, 6) is 0.689. The second kappa shape index (κ2) is 9.50. The molecule has 1 unspecified atom stereocenters. The molecule has 3 rings (SSSR count). The molecule has 1 atom stereocenters. The Labute approximate surface area is 166 Å². The third-order valence-corrected chi connectivity index (χ3v) is 5.31. The van der Waals surface area contributed by atoms with E-state index in [-0.39, 0.29) is 6.04 Å². The predicted octanol–water partition coefficient (Wildman–Crippen LogP) is 2.32. The highest BCUT2D eigenvalue weighted by Gasteiger charge is 2.29. The minimum Gasteiger partial charge on any atom is -0.495 e. The zero-order chi connectivity index (χ0) is 19.9. The number of benzene rings is 1. The molecule has 0 spiro atoms. The zero-order valence-electron chi connectivity index (χ0n) is 16.5. The number of ether oxygens (including phenoxy) is 3. The third-order valence-electron chi connectivity index (χ3n) is 5.31. The fourth-order valence-electron chi connectivity index (χ4n) is 3.83. The van der Waals surface area contributed by atoms with Crippen LogP contribution >= 0.6 is 0 Å². The van der Waals surface area contributed by atoms with Crippen molar-refractivity contribution in [3.63, 3.8) is 0 Å². The molecule has 1 fully saturated rings. The van der Waals surface area contributed by atoms with Crippen LogP contribution in [0, 0.1) is 0 Å². The van der Waals surface area contributed by atoms with Gasteiger partial charge in [0.25, 0.3) is 0 Å². The van der Waals surface area contributed by atoms with Crippen molar-refractivity contribution in [2.45, 2.75) is 31.5 Å². The summed E-state index contributed by atoms with van der Waals surface area (Å²) < 4.78 is 16.2. The molecule has 7 heteroatoms. The molecule has 2 heterocycles. The van der Waals surface area contributed by atoms with Gasteiger partial charge in [0.15, 0.2) is 6.29 Å². The number of carbonyl (C=O) groups is 1. The molecule has 152 valence electrons. The molecule has 1 aromatic rings. The number of nitrogen functional groups attached to an aromatic ring is 1. The highest BCUT2D eigenvalue weighted by Crippen LogP contribution is 2.34. The number of piperidine rings is 1. The number of methoxy groups -OCH3 is 2. The molecule has 2 aliphatic heterocycles. The first-order valence-corrected chi connectivity index (χ1v) is 9.59. The molecule has 0 saturated carbocycles. The van der Waals surface area contributed by atoms with Gasteiger partial charge in [-0.1, -0.05) is 0 Å². The Morgan fingerprint density at radius 3 is 2.71 bits per heavy atom. The van der Waals surface area contributed by atoms with Crippen molar-refractivity contribution in [3.05, 3.63) is 42.3 Å². The van der Waals surface area contributed by atoms with E-state index in [0.29, 0.717) is 18.0 Å². The molecule has 0 amide bonds. The molecular weight excluding hydrogens is 358 g/mol. The summed E-state index contributed by atoms with van der Waals surface area (Å²) >= 11 is 0. The van der Waals surface area contributed by atoms with Crippen molar-refractivity contribution < 1.29 is 19.0 Å². The Morgan fingerprint density at radius 2 is 2.04 bits per heavy atom. The number of nitrogens with zero attached hydrogens (tertiary/aromatic N) is 2. The van der Waals surface area contributed by atoms with E-state index in [4.69, 9.17) is 19.9 Å². The Balaban J connectivity index is 1.74. The van der Waals surface area contributed by atoms with Gasteiger partial charge < -0.3 is 29.7 Å². The largest absolute Gasteiger partial charge is 0.495 e. The Kier molecular flexibility index (Phi) is 6.81. The number of anilines is 2. The van der Waals surface area contributed by atoms with Gasteiger partial charge in [0.1, 0.15) is 5.75 Å². The molecule has 0 aliphatic carbocycles. The van der Waals surface area contributed by atoms with Crippen molar-refractivity contribution in [2.75, 3.05) is 44.5 Å². The second-order valence-electron chi connectivity index (χ2n) is 6.96. The van der Waals surface area contributed by atoms with Gasteiger partial charge in [-0.15, -0.1) is 0 Å². The first-order valence-electron chi connectivity index (χ1n) is 9.59. The molecular formula is C21H29N3O4. The summed E-state index contributed by atoms with van der Waals surface area (Å²) in [6, 6.07) is 4.26. The monoisotopic (exact) mass is 387 g/mol. The summed E-state index contributed by atoms with van der Waals surface area (Å²) in [6.07, 6.45) is 10.1. The maximum Gasteiger partial charge on any atom is 0.227 e. The molecule has 2 aliphatic rings. The second-order valence-corrected chi connectivity index (χ2v) is 6.96. The van der Waals surface area contributed by atoms with Crippen LogP contribution in [-0.2, 0) is 20.7 Å². The maximum atomic E-state index is 11.4. The number of hydrogen-bond acceptors (Lipinski definition) is 7. The van der Waals surface area contributed by atoms with Gasteiger partial charge in [0.2, 0.25) is 6.23 Å². The predicted molar refractivity (Wildman–Crippen MR) is 109 cm³/mol. The lowest BCUT2D eigenvalue weighted by molar-refractivity contribution is -0.124. The Morgan fingerprint density at radius 1 is 1.25 bits per heavy atom. The summed E-state index contributed by atoms with van der Waals surface area (Å²) in [5, 5.41) is 0. The van der Waals surface area contributed by atoms with Crippen LogP contribution in [0.5, 0.6) is 5.75 Å². The van der Waals surface area contributed by atoms with Crippen molar-refractivity contribution in [2.24, 2.45) is 0 Å². The van der Waals surface area contributed by atoms with Crippen molar-refractivity contribution in [1.82, 2.24) is 4.90 Å². The number of allylic oxidation sites excluding steroid dienone is 2. The van der Waals surface area contributed by atoms with E-state index >= 15 is 0 Å². The molecule has 0 radical (unpaired) electrons. The van der Waals surface area contributed by atoms with Gasteiger partial charge in [-0.05, 0) is 43.0 Å². The van der Waals surface area contributed by atoms with E-state index < -0.39 is 6.23 Å². The zero-order valence-corrected chi connectivity index (χ0v) is 16.5. The van der Waals surface area contributed by atoms with Crippen LogP contribution in [0.25, 0.3) is 0 Å². The average molecular weight is 387 g/mol. The van der Waals surface area contributed by atoms with Crippen molar-refractivity contribution in [1.29, 1.82) is 0 Å². The van der Waals surface area contributed by atoms with Crippen molar-refractivity contribution in [3.8, 4) is 5.75 Å². The van der Waals surface area contributed by atoms with Crippen LogP contribution in [0.15, 0.2) is 36.7 Å².